The maximum absolute atomic E-state index is 13.8. The van der Waals surface area contributed by atoms with Crippen molar-refractivity contribution in [3.8, 4) is 0 Å². The summed E-state index contributed by atoms with van der Waals surface area (Å²) in [6.45, 7) is 0. The number of benzene rings is 1. The van der Waals surface area contributed by atoms with Crippen LogP contribution in [0.5, 0.6) is 0 Å². The van der Waals surface area contributed by atoms with Crippen molar-refractivity contribution >= 4 is 23.8 Å². The second kappa shape index (κ2) is 3.92. The van der Waals surface area contributed by atoms with Crippen molar-refractivity contribution in [2.45, 2.75) is 18.6 Å². The Hall–Kier alpha value is -1.20. The van der Waals surface area contributed by atoms with Gasteiger partial charge in [-0.15, -0.1) is 0 Å². The zero-order valence-electron chi connectivity index (χ0n) is 8.73. The largest absolute Gasteiger partial charge is 0.270 e. The first-order valence-electron chi connectivity index (χ1n) is 5.24. The lowest BCUT2D eigenvalue weighted by molar-refractivity contribution is 0.328. The van der Waals surface area contributed by atoms with Crippen molar-refractivity contribution in [3.05, 3.63) is 45.4 Å². The Balaban J connectivity index is 2.13. The van der Waals surface area contributed by atoms with Crippen molar-refractivity contribution in [1.29, 1.82) is 0 Å². The quantitative estimate of drug-likeness (QED) is 0.803. The molecule has 3 rings (SSSR count). The fourth-order valence-electron chi connectivity index (χ4n) is 2.22. The Labute approximate surface area is 107 Å². The molecule has 2 unspecified atom stereocenters. The van der Waals surface area contributed by atoms with Gasteiger partial charge in [-0.2, -0.15) is 0 Å². The van der Waals surface area contributed by atoms with Crippen LogP contribution in [-0.2, 0) is 0 Å². The number of rotatable bonds is 1. The molecule has 0 amide bonds. The second-order valence-electron chi connectivity index (χ2n) is 4.00. The van der Waals surface area contributed by atoms with Crippen molar-refractivity contribution in [2.24, 2.45) is 0 Å². The molecule has 0 radical (unpaired) electrons. The Morgan fingerprint density at radius 3 is 3.00 bits per heavy atom. The van der Waals surface area contributed by atoms with Gasteiger partial charge in [0.05, 0.1) is 6.04 Å². The van der Waals surface area contributed by atoms with Crippen LogP contribution in [0.15, 0.2) is 24.3 Å². The van der Waals surface area contributed by atoms with Crippen LogP contribution in [0.4, 0.5) is 4.39 Å². The molecule has 0 aliphatic carbocycles. The second-order valence-corrected chi connectivity index (χ2v) is 4.79. The topological polar surface area (TPSA) is 33.6 Å². The molecule has 0 bridgehead atoms. The average molecular weight is 270 g/mol. The van der Waals surface area contributed by atoms with Crippen molar-refractivity contribution in [3.63, 3.8) is 0 Å². The van der Waals surface area contributed by atoms with Gasteiger partial charge < -0.3 is 0 Å². The molecule has 1 aromatic carbocycles. The van der Waals surface area contributed by atoms with Crippen LogP contribution in [0, 0.1) is 4.77 Å². The number of halogens is 2. The zero-order chi connectivity index (χ0) is 12.0. The lowest BCUT2D eigenvalue weighted by Gasteiger charge is -2.13. The van der Waals surface area contributed by atoms with E-state index in [0.717, 1.165) is 5.56 Å². The first-order chi connectivity index (χ1) is 8.16. The number of aromatic nitrogens is 3. The number of nitrogens with one attached hydrogen (secondary N) is 1. The molecule has 1 aliphatic rings. The van der Waals surface area contributed by atoms with Crippen LogP contribution in [-0.4, -0.2) is 14.8 Å². The van der Waals surface area contributed by atoms with Crippen LogP contribution < -0.4 is 0 Å². The molecule has 0 saturated heterocycles. The van der Waals surface area contributed by atoms with Gasteiger partial charge in [0.2, 0.25) is 4.77 Å². The molecule has 1 aromatic heterocycles. The number of nitrogens with zero attached hydrogens (tertiary/aromatic N) is 2. The number of hydrogen-bond acceptors (Lipinski definition) is 2. The van der Waals surface area contributed by atoms with Gasteiger partial charge in [-0.1, -0.05) is 29.8 Å². The van der Waals surface area contributed by atoms with Crippen LogP contribution in [0.25, 0.3) is 0 Å². The minimum Gasteiger partial charge on any atom is -0.270 e. The normalized spacial score (nSPS) is 22.7. The van der Waals surface area contributed by atoms with Crippen LogP contribution in [0.1, 0.15) is 30.0 Å². The third-order valence-corrected chi connectivity index (χ3v) is 3.49. The minimum atomic E-state index is -1.09. The van der Waals surface area contributed by atoms with Crippen molar-refractivity contribution in [1.82, 2.24) is 14.8 Å². The van der Waals surface area contributed by atoms with Gasteiger partial charge in [-0.25, -0.2) is 9.37 Å². The summed E-state index contributed by atoms with van der Waals surface area (Å²) in [4.78, 5) is 3.98. The van der Waals surface area contributed by atoms with E-state index in [9.17, 15) is 4.39 Å². The predicted molar refractivity (Wildman–Crippen MR) is 65.5 cm³/mol. The number of alkyl halides is 1. The van der Waals surface area contributed by atoms with E-state index in [0.29, 0.717) is 22.0 Å². The highest BCUT2D eigenvalue weighted by Gasteiger charge is 2.34. The number of hydrogen-bond donors (Lipinski definition) is 1. The summed E-state index contributed by atoms with van der Waals surface area (Å²) in [5.41, 5.74) is 0.888. The molecule has 2 atom stereocenters. The van der Waals surface area contributed by atoms with E-state index in [1.807, 2.05) is 18.2 Å². The van der Waals surface area contributed by atoms with Crippen molar-refractivity contribution in [2.75, 3.05) is 0 Å². The average Bonchev–Trinajstić information content (AvgIpc) is 2.80. The monoisotopic (exact) mass is 269 g/mol. The van der Waals surface area contributed by atoms with Crippen LogP contribution in [0.3, 0.4) is 0 Å². The zero-order valence-corrected chi connectivity index (χ0v) is 10.3. The molecule has 0 fully saturated rings. The first-order valence-corrected chi connectivity index (χ1v) is 6.02. The molecule has 88 valence electrons. The van der Waals surface area contributed by atoms with Crippen LogP contribution >= 0.6 is 23.8 Å². The molecule has 0 saturated carbocycles. The van der Waals surface area contributed by atoms with E-state index in [4.69, 9.17) is 23.8 Å². The van der Waals surface area contributed by atoms with E-state index in [1.165, 1.54) is 0 Å². The van der Waals surface area contributed by atoms with E-state index in [2.05, 4.69) is 10.1 Å². The number of fused-ring (bicyclic) bond motifs is 1. The van der Waals surface area contributed by atoms with Crippen molar-refractivity contribution < 1.29 is 4.39 Å². The lowest BCUT2D eigenvalue weighted by atomic mass is 10.0. The molecule has 1 N–H and O–H groups in total. The van der Waals surface area contributed by atoms with Crippen LogP contribution in [0.2, 0.25) is 5.02 Å². The molecular weight excluding hydrogens is 261 g/mol. The predicted octanol–water partition coefficient (Wildman–Crippen LogP) is 3.60. The molecule has 2 aromatic rings. The standard InChI is InChI=1S/C11H9ClFN3S/c12-7-4-2-1-3-6(7)9-5-8(13)10-14-11(17)15-16(9)10/h1-4,8-9H,5H2,(H,15,17). The Morgan fingerprint density at radius 1 is 1.47 bits per heavy atom. The van der Waals surface area contributed by atoms with Gasteiger partial charge in [-0.05, 0) is 23.8 Å². The van der Waals surface area contributed by atoms with E-state index < -0.39 is 6.17 Å². The molecule has 2 heterocycles. The summed E-state index contributed by atoms with van der Waals surface area (Å²) in [5.74, 6) is 0.361. The molecule has 3 nitrogen and oxygen atoms in total. The summed E-state index contributed by atoms with van der Waals surface area (Å²) in [5, 5.41) is 3.51. The maximum Gasteiger partial charge on any atom is 0.213 e. The Bertz CT molecular complexity index is 621. The fourth-order valence-corrected chi connectivity index (χ4v) is 2.67. The first kappa shape index (κ1) is 10.9. The summed E-state index contributed by atoms with van der Waals surface area (Å²) in [6.07, 6.45) is -0.748. The number of H-pyrrole nitrogens is 1. The Kier molecular flexibility index (Phi) is 2.52. The fraction of sp³-hybridized carbons (Fsp3) is 0.273. The van der Waals surface area contributed by atoms with E-state index in [1.54, 1.807) is 10.7 Å². The minimum absolute atomic E-state index is 0.155. The molecular formula is C11H9ClFN3S. The molecule has 1 aliphatic heterocycles. The lowest BCUT2D eigenvalue weighted by Crippen LogP contribution is -2.07. The van der Waals surface area contributed by atoms with E-state index in [-0.39, 0.29) is 6.04 Å². The number of aromatic amines is 1. The van der Waals surface area contributed by atoms with Gasteiger partial charge >= 0.3 is 0 Å². The molecule has 6 heteroatoms. The highest BCUT2D eigenvalue weighted by molar-refractivity contribution is 7.71. The maximum atomic E-state index is 13.8. The highest BCUT2D eigenvalue weighted by Crippen LogP contribution is 2.40. The third kappa shape index (κ3) is 1.70. The van der Waals surface area contributed by atoms with E-state index >= 15 is 0 Å². The summed E-state index contributed by atoms with van der Waals surface area (Å²) >= 11 is 11.1. The van der Waals surface area contributed by atoms with Gasteiger partial charge in [0.15, 0.2) is 12.0 Å². The Morgan fingerprint density at radius 2 is 2.24 bits per heavy atom. The summed E-state index contributed by atoms with van der Waals surface area (Å²) in [7, 11) is 0. The van der Waals surface area contributed by atoms with Gasteiger partial charge in [0, 0.05) is 11.4 Å². The SMILES string of the molecule is FC1CC(c2ccccc2Cl)n2[nH]c(=S)nc21. The van der Waals surface area contributed by atoms with Gasteiger partial charge in [0.1, 0.15) is 0 Å². The van der Waals surface area contributed by atoms with Gasteiger partial charge in [0.25, 0.3) is 0 Å². The summed E-state index contributed by atoms with van der Waals surface area (Å²) < 4.78 is 15.8. The molecule has 0 spiro atoms. The molecule has 17 heavy (non-hydrogen) atoms. The highest BCUT2D eigenvalue weighted by atomic mass is 35.5. The summed E-state index contributed by atoms with van der Waals surface area (Å²) in [6, 6.07) is 7.28. The third-order valence-electron chi connectivity index (χ3n) is 2.97. The smallest absolute Gasteiger partial charge is 0.213 e. The van der Waals surface area contributed by atoms with Gasteiger partial charge in [-0.3, -0.25) is 9.78 Å².